The molecule has 1 aromatic heterocycles. The summed E-state index contributed by atoms with van der Waals surface area (Å²) < 4.78 is 2.19. The molecule has 1 heterocycles. The van der Waals surface area contributed by atoms with Gasteiger partial charge >= 0.3 is 0 Å². The Labute approximate surface area is 152 Å². The van der Waals surface area contributed by atoms with Gasteiger partial charge in [0.2, 0.25) is 0 Å². The van der Waals surface area contributed by atoms with E-state index in [-0.39, 0.29) is 5.57 Å². The van der Waals surface area contributed by atoms with Crippen molar-refractivity contribution in [3.05, 3.63) is 58.4 Å². The van der Waals surface area contributed by atoms with Crippen LogP contribution in [-0.2, 0) is 4.79 Å². The number of halogens is 1. The van der Waals surface area contributed by atoms with E-state index < -0.39 is 5.91 Å². The van der Waals surface area contributed by atoms with E-state index >= 15 is 0 Å². The molecule has 0 bridgehead atoms. The molecule has 2 aromatic rings. The minimum atomic E-state index is -0.429. The molecule has 1 N–H and O–H groups in total. The Hall–Kier alpha value is -2.51. The number of anilines is 1. The third-order valence-electron chi connectivity index (χ3n) is 4.68. The van der Waals surface area contributed by atoms with Gasteiger partial charge in [0.1, 0.15) is 11.6 Å². The van der Waals surface area contributed by atoms with Crippen LogP contribution in [0, 0.1) is 18.3 Å². The predicted molar refractivity (Wildman–Crippen MR) is 100 cm³/mol. The summed E-state index contributed by atoms with van der Waals surface area (Å²) in [5, 5.41) is 12.7. The van der Waals surface area contributed by atoms with Gasteiger partial charge in [-0.05, 0) is 55.2 Å². The number of rotatable bonds is 4. The van der Waals surface area contributed by atoms with Gasteiger partial charge in [-0.2, -0.15) is 5.26 Å². The summed E-state index contributed by atoms with van der Waals surface area (Å²) in [6, 6.07) is 9.76. The molecule has 128 valence electrons. The van der Waals surface area contributed by atoms with Gasteiger partial charge in [-0.3, -0.25) is 4.79 Å². The SMILES string of the molecule is Cc1c(Cl)cccc1NC(=O)/C(C#N)=C/c1ccn(C2CCCC2)c1. The Morgan fingerprint density at radius 1 is 1.36 bits per heavy atom. The zero-order valence-electron chi connectivity index (χ0n) is 14.1. The fourth-order valence-corrected chi connectivity index (χ4v) is 3.37. The molecule has 3 rings (SSSR count). The van der Waals surface area contributed by atoms with Gasteiger partial charge in [0.25, 0.3) is 5.91 Å². The van der Waals surface area contributed by atoms with E-state index in [4.69, 9.17) is 11.6 Å². The molecule has 1 aliphatic carbocycles. The van der Waals surface area contributed by atoms with E-state index in [2.05, 4.69) is 9.88 Å². The van der Waals surface area contributed by atoms with Crippen LogP contribution in [0.5, 0.6) is 0 Å². The Morgan fingerprint density at radius 2 is 2.12 bits per heavy atom. The van der Waals surface area contributed by atoms with Gasteiger partial charge in [0.05, 0.1) is 0 Å². The first-order valence-corrected chi connectivity index (χ1v) is 8.82. The first-order chi connectivity index (χ1) is 12.1. The van der Waals surface area contributed by atoms with Gasteiger partial charge in [0.15, 0.2) is 0 Å². The van der Waals surface area contributed by atoms with Crippen molar-refractivity contribution in [2.45, 2.75) is 38.6 Å². The number of nitrogens with one attached hydrogen (secondary N) is 1. The highest BCUT2D eigenvalue weighted by molar-refractivity contribution is 6.31. The molecule has 25 heavy (non-hydrogen) atoms. The van der Waals surface area contributed by atoms with Gasteiger partial charge in [-0.1, -0.05) is 30.5 Å². The fourth-order valence-electron chi connectivity index (χ4n) is 3.19. The third-order valence-corrected chi connectivity index (χ3v) is 5.09. The number of nitriles is 1. The summed E-state index contributed by atoms with van der Waals surface area (Å²) in [5.41, 5.74) is 2.33. The van der Waals surface area contributed by atoms with E-state index in [0.29, 0.717) is 16.8 Å². The standard InChI is InChI=1S/C20H20ClN3O/c1-14-18(21)7-4-8-19(14)23-20(25)16(12-22)11-15-9-10-24(13-15)17-5-2-3-6-17/h4,7-11,13,17H,2-3,5-6H2,1H3,(H,23,25)/b16-11+. The Balaban J connectivity index is 1.77. The lowest BCUT2D eigenvalue weighted by Crippen LogP contribution is -2.14. The maximum atomic E-state index is 12.4. The molecule has 5 heteroatoms. The lowest BCUT2D eigenvalue weighted by molar-refractivity contribution is -0.112. The van der Waals surface area contributed by atoms with Crippen molar-refractivity contribution in [3.63, 3.8) is 0 Å². The fraction of sp³-hybridized carbons (Fsp3) is 0.300. The smallest absolute Gasteiger partial charge is 0.266 e. The van der Waals surface area contributed by atoms with E-state index in [1.165, 1.54) is 25.7 Å². The maximum absolute atomic E-state index is 12.4. The number of hydrogen-bond donors (Lipinski definition) is 1. The third kappa shape index (κ3) is 3.94. The quantitative estimate of drug-likeness (QED) is 0.613. The van der Waals surface area contributed by atoms with E-state index in [1.807, 2.05) is 31.5 Å². The Bertz CT molecular complexity index is 854. The molecule has 4 nitrogen and oxygen atoms in total. The second-order valence-electron chi connectivity index (χ2n) is 6.37. The molecule has 1 saturated carbocycles. The second kappa shape index (κ2) is 7.58. The van der Waals surface area contributed by atoms with Crippen LogP contribution < -0.4 is 5.32 Å². The van der Waals surface area contributed by atoms with Gasteiger partial charge < -0.3 is 9.88 Å². The molecule has 1 amide bonds. The highest BCUT2D eigenvalue weighted by Crippen LogP contribution is 2.30. The molecular formula is C20H20ClN3O. The largest absolute Gasteiger partial charge is 0.351 e. The van der Waals surface area contributed by atoms with Crippen molar-refractivity contribution in [2.75, 3.05) is 5.32 Å². The number of carbonyl (C=O) groups excluding carboxylic acids is 1. The molecule has 1 aliphatic rings. The number of hydrogen-bond acceptors (Lipinski definition) is 2. The monoisotopic (exact) mass is 353 g/mol. The van der Waals surface area contributed by atoms with Gasteiger partial charge in [-0.15, -0.1) is 0 Å². The van der Waals surface area contributed by atoms with Crippen LogP contribution in [0.4, 0.5) is 5.69 Å². The van der Waals surface area contributed by atoms with Gasteiger partial charge in [0, 0.05) is 29.1 Å². The number of aromatic nitrogens is 1. The van der Waals surface area contributed by atoms with Crippen molar-refractivity contribution in [1.29, 1.82) is 5.26 Å². The van der Waals surface area contributed by atoms with Crippen molar-refractivity contribution < 1.29 is 4.79 Å². The summed E-state index contributed by atoms with van der Waals surface area (Å²) in [5.74, 6) is -0.429. The van der Waals surface area contributed by atoms with Crippen LogP contribution in [-0.4, -0.2) is 10.5 Å². The summed E-state index contributed by atoms with van der Waals surface area (Å²) in [7, 11) is 0. The van der Waals surface area contributed by atoms with Crippen molar-refractivity contribution >= 4 is 29.3 Å². The lowest BCUT2D eigenvalue weighted by Gasteiger charge is -2.10. The minimum Gasteiger partial charge on any atom is -0.351 e. The summed E-state index contributed by atoms with van der Waals surface area (Å²) >= 11 is 6.07. The van der Waals surface area contributed by atoms with Gasteiger partial charge in [-0.25, -0.2) is 0 Å². The van der Waals surface area contributed by atoms with E-state index in [0.717, 1.165) is 11.1 Å². The van der Waals surface area contributed by atoms with Crippen molar-refractivity contribution in [1.82, 2.24) is 4.57 Å². The van der Waals surface area contributed by atoms with Crippen LogP contribution in [0.1, 0.15) is 42.9 Å². The molecule has 0 spiro atoms. The van der Waals surface area contributed by atoms with Crippen LogP contribution >= 0.6 is 11.6 Å². The lowest BCUT2D eigenvalue weighted by atomic mass is 10.1. The first-order valence-electron chi connectivity index (χ1n) is 8.44. The number of nitrogens with zero attached hydrogens (tertiary/aromatic N) is 2. The highest BCUT2D eigenvalue weighted by atomic mass is 35.5. The normalized spacial score (nSPS) is 15.2. The van der Waals surface area contributed by atoms with E-state index in [9.17, 15) is 10.1 Å². The van der Waals surface area contributed by atoms with Crippen molar-refractivity contribution in [3.8, 4) is 6.07 Å². The molecule has 0 saturated heterocycles. The average molecular weight is 354 g/mol. The maximum Gasteiger partial charge on any atom is 0.266 e. The highest BCUT2D eigenvalue weighted by Gasteiger charge is 2.17. The zero-order chi connectivity index (χ0) is 17.8. The summed E-state index contributed by atoms with van der Waals surface area (Å²) in [6.07, 6.45) is 10.6. The minimum absolute atomic E-state index is 0.0727. The number of amides is 1. The summed E-state index contributed by atoms with van der Waals surface area (Å²) in [4.78, 5) is 12.4. The molecule has 0 atom stereocenters. The zero-order valence-corrected chi connectivity index (χ0v) is 14.9. The van der Waals surface area contributed by atoms with Crippen molar-refractivity contribution in [2.24, 2.45) is 0 Å². The van der Waals surface area contributed by atoms with Crippen LogP contribution in [0.2, 0.25) is 5.02 Å². The molecular weight excluding hydrogens is 334 g/mol. The molecule has 1 fully saturated rings. The Morgan fingerprint density at radius 3 is 2.84 bits per heavy atom. The molecule has 0 radical (unpaired) electrons. The number of benzene rings is 1. The predicted octanol–water partition coefficient (Wildman–Crippen LogP) is 5.11. The Kier molecular flexibility index (Phi) is 5.25. The average Bonchev–Trinajstić information content (AvgIpc) is 3.27. The molecule has 0 aliphatic heterocycles. The van der Waals surface area contributed by atoms with Crippen LogP contribution in [0.3, 0.4) is 0 Å². The topological polar surface area (TPSA) is 57.8 Å². The summed E-state index contributed by atoms with van der Waals surface area (Å²) in [6.45, 7) is 1.83. The van der Waals surface area contributed by atoms with E-state index in [1.54, 1.807) is 24.3 Å². The number of carbonyl (C=O) groups is 1. The molecule has 0 unspecified atom stereocenters. The molecule has 1 aromatic carbocycles. The van der Waals surface area contributed by atoms with Crippen LogP contribution in [0.15, 0.2) is 42.2 Å². The van der Waals surface area contributed by atoms with Crippen LogP contribution in [0.25, 0.3) is 6.08 Å². The second-order valence-corrected chi connectivity index (χ2v) is 6.77. The first kappa shape index (κ1) is 17.3.